The van der Waals surface area contributed by atoms with E-state index in [1.165, 1.54) is 6.92 Å². The van der Waals surface area contributed by atoms with Gasteiger partial charge in [0.1, 0.15) is 29.4 Å². The van der Waals surface area contributed by atoms with E-state index in [-0.39, 0.29) is 48.9 Å². The molecule has 1 saturated heterocycles. The Morgan fingerprint density at radius 3 is 2.24 bits per heavy atom. The van der Waals surface area contributed by atoms with Crippen LogP contribution >= 0.6 is 0 Å². The van der Waals surface area contributed by atoms with Crippen LogP contribution in [0.5, 0.6) is 0 Å². The quantitative estimate of drug-likeness (QED) is 0.255. The number of Topliss-reactive ketones (excluding diaryl/α,β-unsaturated/α-hetero) is 2. The summed E-state index contributed by atoms with van der Waals surface area (Å²) in [6, 6.07) is 17.5. The van der Waals surface area contributed by atoms with Gasteiger partial charge in [0.05, 0.1) is 18.1 Å². The van der Waals surface area contributed by atoms with E-state index in [1.807, 2.05) is 71.9 Å². The number of carbonyl (C=O) groups excluding carboxylic acids is 4. The highest BCUT2D eigenvalue weighted by Crippen LogP contribution is 2.65. The first-order valence-electron chi connectivity index (χ1n) is 17.8. The van der Waals surface area contributed by atoms with Crippen molar-refractivity contribution >= 4 is 23.5 Å². The van der Waals surface area contributed by atoms with Crippen molar-refractivity contribution in [2.24, 2.45) is 40.2 Å². The van der Waals surface area contributed by atoms with Crippen LogP contribution in [0.2, 0.25) is 0 Å². The second-order valence-corrected chi connectivity index (χ2v) is 16.0. The second kappa shape index (κ2) is 12.8. The minimum atomic E-state index is -1.78. The van der Waals surface area contributed by atoms with Gasteiger partial charge in [-0.3, -0.25) is 14.4 Å². The molecule has 9 nitrogen and oxygen atoms in total. The zero-order chi connectivity index (χ0) is 36.4. The smallest absolute Gasteiger partial charge is 0.338 e. The summed E-state index contributed by atoms with van der Waals surface area (Å²) in [7, 11) is 0. The summed E-state index contributed by atoms with van der Waals surface area (Å²) in [6.07, 6.45) is -1.18. The molecule has 3 aliphatic carbocycles. The first kappa shape index (κ1) is 36.1. The molecule has 2 bridgehead atoms. The largest absolute Gasteiger partial charge is 0.455 e. The molecule has 50 heavy (non-hydrogen) atoms. The minimum absolute atomic E-state index is 0.00588. The van der Waals surface area contributed by atoms with Crippen molar-refractivity contribution in [1.29, 1.82) is 0 Å². The van der Waals surface area contributed by atoms with Gasteiger partial charge in [0.15, 0.2) is 5.60 Å². The van der Waals surface area contributed by atoms with Gasteiger partial charge < -0.3 is 25.1 Å². The molecular weight excluding hydrogens is 634 g/mol. The third-order valence-electron chi connectivity index (χ3n) is 13.3. The van der Waals surface area contributed by atoms with Crippen molar-refractivity contribution in [2.75, 3.05) is 6.61 Å². The lowest BCUT2D eigenvalue weighted by atomic mass is 9.43. The van der Waals surface area contributed by atoms with Crippen LogP contribution in [0, 0.1) is 34.5 Å². The number of allylic oxidation sites excluding steroid dienone is 1. The first-order valence-corrected chi connectivity index (χ1v) is 17.8. The van der Waals surface area contributed by atoms with E-state index in [4.69, 9.17) is 19.9 Å². The lowest BCUT2D eigenvalue weighted by Crippen LogP contribution is -2.79. The zero-order valence-corrected chi connectivity index (χ0v) is 30.2. The van der Waals surface area contributed by atoms with Crippen LogP contribution in [0.4, 0.5) is 0 Å². The van der Waals surface area contributed by atoms with Crippen molar-refractivity contribution in [3.8, 4) is 0 Å². The lowest BCUT2D eigenvalue weighted by molar-refractivity contribution is -0.338. The van der Waals surface area contributed by atoms with Gasteiger partial charge >= 0.3 is 11.9 Å². The van der Waals surface area contributed by atoms with Gasteiger partial charge in [0.25, 0.3) is 0 Å². The molecule has 268 valence electrons. The maximum absolute atomic E-state index is 14.9. The Bertz CT molecular complexity index is 1700. The van der Waals surface area contributed by atoms with E-state index in [0.29, 0.717) is 6.42 Å². The lowest BCUT2D eigenvalue weighted by Gasteiger charge is -2.67. The van der Waals surface area contributed by atoms with Crippen molar-refractivity contribution < 1.29 is 38.5 Å². The van der Waals surface area contributed by atoms with Gasteiger partial charge in [-0.25, -0.2) is 4.79 Å². The summed E-state index contributed by atoms with van der Waals surface area (Å²) in [5.41, 5.74) is 4.04. The highest BCUT2D eigenvalue weighted by atomic mass is 16.6. The molecule has 9 heteroatoms. The Kier molecular flexibility index (Phi) is 9.28. The van der Waals surface area contributed by atoms with Crippen molar-refractivity contribution in [3.63, 3.8) is 0 Å². The third-order valence-corrected chi connectivity index (χ3v) is 13.3. The molecule has 0 radical (unpaired) electrons. The normalized spacial score (nSPS) is 35.6. The Morgan fingerprint density at radius 2 is 1.66 bits per heavy atom. The summed E-state index contributed by atoms with van der Waals surface area (Å²) >= 11 is 0. The molecule has 1 aliphatic heterocycles. The van der Waals surface area contributed by atoms with Crippen molar-refractivity contribution in [1.82, 2.24) is 0 Å². The van der Waals surface area contributed by atoms with Crippen molar-refractivity contribution in [3.05, 3.63) is 82.9 Å². The third kappa shape index (κ3) is 5.47. The summed E-state index contributed by atoms with van der Waals surface area (Å²) in [5, 5.41) is 13.5. The number of aliphatic hydroxyl groups is 1. The fourth-order valence-electron chi connectivity index (χ4n) is 9.73. The Labute approximate surface area is 294 Å². The standard InChI is InChI=1S/C41H51NO8/c1-23-18-33-40(22-48-33,50-26(4)43)35-36(49-37(46)28-16-12-9-13-17-28)41(47)21-29(19-31(44)25(3)34(42)27-14-10-8-11-15-27)24(2)30(38(41,5)6)20-32(45)39(23,35)7/h8-17,23,25,29,33-36,47H,18-22,42H2,1-7H3/t23-,25-,29-,33+,34+,35-,36-,39-,40-,41+/m0/s1. The van der Waals surface area contributed by atoms with E-state index in [0.717, 1.165) is 16.7 Å². The number of ether oxygens (including phenoxy) is 3. The number of benzene rings is 2. The molecule has 0 unspecified atom stereocenters. The predicted octanol–water partition coefficient (Wildman–Crippen LogP) is 5.94. The molecule has 3 N–H and O–H groups in total. The predicted molar refractivity (Wildman–Crippen MR) is 187 cm³/mol. The van der Waals surface area contributed by atoms with Crippen LogP contribution in [-0.4, -0.2) is 58.6 Å². The summed E-state index contributed by atoms with van der Waals surface area (Å²) in [5.74, 6) is -3.52. The molecular formula is C41H51NO8. The molecule has 2 aromatic rings. The number of ketones is 2. The number of nitrogens with two attached hydrogens (primary N) is 1. The minimum Gasteiger partial charge on any atom is -0.455 e. The van der Waals surface area contributed by atoms with Gasteiger partial charge in [0.2, 0.25) is 0 Å². The molecule has 4 aliphatic rings. The monoisotopic (exact) mass is 685 g/mol. The number of esters is 2. The summed E-state index contributed by atoms with van der Waals surface area (Å²) < 4.78 is 18.8. The SMILES string of the molecule is CC(=O)O[C@@]12CO[C@@H]1C[C@H](C)[C@@]1(C)C(=O)CC3=C(C)[C@@H](CC(=O)[C@H](C)[C@@H](N)c4ccccc4)C[C@@](O)([C@@H](OC(=O)c4ccccc4)[C@H]21)C3(C)C. The summed E-state index contributed by atoms with van der Waals surface area (Å²) in [4.78, 5) is 55.8. The van der Waals surface area contributed by atoms with Crippen LogP contribution in [0.15, 0.2) is 71.8 Å². The van der Waals surface area contributed by atoms with Crippen LogP contribution in [0.1, 0.15) is 96.1 Å². The van der Waals surface area contributed by atoms with Crippen LogP contribution in [-0.2, 0) is 28.6 Å². The van der Waals surface area contributed by atoms with Gasteiger partial charge in [-0.15, -0.1) is 0 Å². The van der Waals surface area contributed by atoms with Gasteiger partial charge in [0, 0.05) is 42.6 Å². The van der Waals surface area contributed by atoms with E-state index >= 15 is 0 Å². The Morgan fingerprint density at radius 1 is 1.04 bits per heavy atom. The number of hydrogen-bond acceptors (Lipinski definition) is 9. The van der Waals surface area contributed by atoms with Crippen LogP contribution < -0.4 is 5.73 Å². The fourth-order valence-corrected chi connectivity index (χ4v) is 9.73. The topological polar surface area (TPSA) is 142 Å². The van der Waals surface area contributed by atoms with Crippen LogP contribution in [0.25, 0.3) is 0 Å². The summed E-state index contributed by atoms with van der Waals surface area (Å²) in [6.45, 7) is 12.7. The number of hydrogen-bond donors (Lipinski definition) is 2. The molecule has 2 saturated carbocycles. The van der Waals surface area contributed by atoms with Gasteiger partial charge in [-0.05, 0) is 49.3 Å². The van der Waals surface area contributed by atoms with E-state index in [1.54, 1.807) is 30.3 Å². The molecule has 3 fully saturated rings. The Hall–Kier alpha value is -3.66. The van der Waals surface area contributed by atoms with Crippen molar-refractivity contribution in [2.45, 2.75) is 104 Å². The fraction of sp³-hybridized carbons (Fsp3) is 0.561. The molecule has 0 aromatic heterocycles. The molecule has 0 amide bonds. The maximum Gasteiger partial charge on any atom is 0.338 e. The van der Waals surface area contributed by atoms with E-state index in [2.05, 4.69) is 0 Å². The van der Waals surface area contributed by atoms with Gasteiger partial charge in [-0.2, -0.15) is 0 Å². The Balaban J connectivity index is 1.50. The number of carbonyl (C=O) groups is 4. The van der Waals surface area contributed by atoms with E-state index in [9.17, 15) is 24.3 Å². The maximum atomic E-state index is 14.9. The molecule has 2 aromatic carbocycles. The molecule has 6 rings (SSSR count). The zero-order valence-electron chi connectivity index (χ0n) is 30.2. The average Bonchev–Trinajstić information content (AvgIpc) is 3.08. The van der Waals surface area contributed by atoms with Crippen LogP contribution in [0.3, 0.4) is 0 Å². The van der Waals surface area contributed by atoms with E-state index < -0.39 is 70.0 Å². The molecule has 1 heterocycles. The average molecular weight is 686 g/mol. The highest BCUT2D eigenvalue weighted by Gasteiger charge is 2.76. The number of fused-ring (bicyclic) bond motifs is 5. The second-order valence-electron chi connectivity index (χ2n) is 16.0. The highest BCUT2D eigenvalue weighted by molar-refractivity contribution is 5.91. The number of rotatable bonds is 8. The van der Waals surface area contributed by atoms with Gasteiger partial charge in [-0.1, -0.05) is 94.3 Å². The molecule has 0 spiro atoms. The first-order chi connectivity index (χ1) is 23.5. The molecule has 10 atom stereocenters.